The van der Waals surface area contributed by atoms with Crippen LogP contribution in [0.4, 0.5) is 5.69 Å². The molecule has 0 unspecified atom stereocenters. The number of nitrogens with one attached hydrogen (secondary N) is 1. The van der Waals surface area contributed by atoms with Crippen LogP contribution in [0.3, 0.4) is 0 Å². The van der Waals surface area contributed by atoms with Gasteiger partial charge in [-0.3, -0.25) is 4.79 Å². The van der Waals surface area contributed by atoms with Gasteiger partial charge in [0.2, 0.25) is 5.91 Å². The highest BCUT2D eigenvalue weighted by atomic mass is 16.5. The first-order valence-corrected chi connectivity index (χ1v) is 5.77. The van der Waals surface area contributed by atoms with E-state index in [9.17, 15) is 4.79 Å². The summed E-state index contributed by atoms with van der Waals surface area (Å²) < 4.78 is 10.2. The topological polar surface area (TPSA) is 73.6 Å². The normalized spacial score (nSPS) is 12.1. The molecular formula is C13H20N2O3. The number of hydrogen-bond acceptors (Lipinski definition) is 4. The van der Waals surface area contributed by atoms with Gasteiger partial charge < -0.3 is 20.5 Å². The molecule has 0 aliphatic heterocycles. The Morgan fingerprint density at radius 1 is 1.17 bits per heavy atom. The van der Waals surface area contributed by atoms with E-state index < -0.39 is 6.04 Å². The fourth-order valence-corrected chi connectivity index (χ4v) is 1.41. The Bertz CT molecular complexity index is 396. The monoisotopic (exact) mass is 252 g/mol. The zero-order chi connectivity index (χ0) is 13.7. The molecule has 1 atom stereocenters. The Morgan fingerprint density at radius 2 is 1.67 bits per heavy atom. The first kappa shape index (κ1) is 14.3. The van der Waals surface area contributed by atoms with Gasteiger partial charge in [0.15, 0.2) is 0 Å². The van der Waals surface area contributed by atoms with Gasteiger partial charge in [0.25, 0.3) is 0 Å². The number of benzene rings is 1. The molecule has 5 nitrogen and oxygen atoms in total. The lowest BCUT2D eigenvalue weighted by Gasteiger charge is -2.16. The third kappa shape index (κ3) is 3.63. The van der Waals surface area contributed by atoms with E-state index in [0.717, 1.165) is 0 Å². The Hall–Kier alpha value is -1.75. The summed E-state index contributed by atoms with van der Waals surface area (Å²) in [5.41, 5.74) is 6.38. The highest BCUT2D eigenvalue weighted by Gasteiger charge is 2.17. The second kappa shape index (κ2) is 6.26. The van der Waals surface area contributed by atoms with Gasteiger partial charge in [0.05, 0.1) is 20.3 Å². The third-order valence-corrected chi connectivity index (χ3v) is 2.64. The number of ether oxygens (including phenoxy) is 2. The zero-order valence-electron chi connectivity index (χ0n) is 11.2. The summed E-state index contributed by atoms with van der Waals surface area (Å²) in [4.78, 5) is 11.8. The quantitative estimate of drug-likeness (QED) is 0.835. The van der Waals surface area contributed by atoms with Gasteiger partial charge in [-0.05, 0) is 5.92 Å². The van der Waals surface area contributed by atoms with E-state index in [4.69, 9.17) is 15.2 Å². The van der Waals surface area contributed by atoms with Crippen LogP contribution in [-0.2, 0) is 4.79 Å². The van der Waals surface area contributed by atoms with E-state index in [2.05, 4.69) is 5.32 Å². The van der Waals surface area contributed by atoms with E-state index in [1.54, 1.807) is 32.4 Å². The van der Waals surface area contributed by atoms with Gasteiger partial charge in [-0.2, -0.15) is 0 Å². The largest absolute Gasteiger partial charge is 0.497 e. The predicted molar refractivity (Wildman–Crippen MR) is 71.0 cm³/mol. The summed E-state index contributed by atoms with van der Waals surface area (Å²) >= 11 is 0. The molecule has 100 valence electrons. The molecule has 0 heterocycles. The maximum atomic E-state index is 11.8. The Labute approximate surface area is 107 Å². The summed E-state index contributed by atoms with van der Waals surface area (Å²) in [7, 11) is 3.11. The Morgan fingerprint density at radius 3 is 2.06 bits per heavy atom. The lowest BCUT2D eigenvalue weighted by molar-refractivity contribution is -0.118. The molecule has 1 aromatic carbocycles. The van der Waals surface area contributed by atoms with Crippen molar-refractivity contribution in [2.75, 3.05) is 19.5 Å². The van der Waals surface area contributed by atoms with Gasteiger partial charge in [-0.15, -0.1) is 0 Å². The van der Waals surface area contributed by atoms with Crippen LogP contribution in [0, 0.1) is 5.92 Å². The number of methoxy groups -OCH3 is 2. The average Bonchev–Trinajstić information content (AvgIpc) is 2.36. The second-order valence-corrected chi connectivity index (χ2v) is 4.36. The highest BCUT2D eigenvalue weighted by Crippen LogP contribution is 2.25. The van der Waals surface area contributed by atoms with Gasteiger partial charge >= 0.3 is 0 Å². The fraction of sp³-hybridized carbons (Fsp3) is 0.462. The van der Waals surface area contributed by atoms with E-state index in [1.807, 2.05) is 13.8 Å². The first-order valence-electron chi connectivity index (χ1n) is 5.77. The highest BCUT2D eigenvalue weighted by molar-refractivity contribution is 5.95. The maximum Gasteiger partial charge on any atom is 0.241 e. The molecule has 1 aromatic rings. The fourth-order valence-electron chi connectivity index (χ4n) is 1.41. The summed E-state index contributed by atoms with van der Waals surface area (Å²) in [5.74, 6) is 1.09. The van der Waals surface area contributed by atoms with Crippen molar-refractivity contribution in [3.8, 4) is 11.5 Å². The smallest absolute Gasteiger partial charge is 0.241 e. The standard InChI is InChI=1S/C13H20N2O3/c1-8(2)12(14)13(16)15-9-5-10(17-3)7-11(6-9)18-4/h5-8,12H,14H2,1-4H3,(H,15,16)/t12-/m0/s1. The summed E-state index contributed by atoms with van der Waals surface area (Å²) in [6, 6.07) is 4.63. The molecule has 0 fully saturated rings. The number of nitrogens with two attached hydrogens (primary N) is 1. The number of carbonyl (C=O) groups excluding carboxylic acids is 1. The van der Waals surface area contributed by atoms with E-state index in [0.29, 0.717) is 17.2 Å². The Balaban J connectivity index is 2.86. The summed E-state index contributed by atoms with van der Waals surface area (Å²) in [6.45, 7) is 3.80. The number of anilines is 1. The van der Waals surface area contributed by atoms with Crippen LogP contribution in [-0.4, -0.2) is 26.2 Å². The minimum atomic E-state index is -0.540. The zero-order valence-corrected chi connectivity index (χ0v) is 11.2. The minimum absolute atomic E-state index is 0.0810. The molecule has 0 bridgehead atoms. The summed E-state index contributed by atoms with van der Waals surface area (Å²) in [5, 5.41) is 2.75. The molecule has 5 heteroatoms. The molecule has 0 saturated carbocycles. The molecule has 0 aromatic heterocycles. The Kier molecular flexibility index (Phi) is 4.97. The van der Waals surface area contributed by atoms with Crippen LogP contribution in [0.25, 0.3) is 0 Å². The number of rotatable bonds is 5. The minimum Gasteiger partial charge on any atom is -0.497 e. The SMILES string of the molecule is COc1cc(NC(=O)[C@@H](N)C(C)C)cc(OC)c1. The van der Waals surface area contributed by atoms with Crippen molar-refractivity contribution in [1.82, 2.24) is 0 Å². The molecule has 0 saturated heterocycles. The molecule has 3 N–H and O–H groups in total. The van der Waals surface area contributed by atoms with E-state index >= 15 is 0 Å². The van der Waals surface area contributed by atoms with Crippen LogP contribution in [0.1, 0.15) is 13.8 Å². The molecule has 1 rings (SSSR count). The van der Waals surface area contributed by atoms with Gasteiger partial charge in [-0.1, -0.05) is 13.8 Å². The second-order valence-electron chi connectivity index (χ2n) is 4.36. The molecule has 0 aliphatic rings. The molecular weight excluding hydrogens is 232 g/mol. The van der Waals surface area contributed by atoms with Crippen LogP contribution in [0.15, 0.2) is 18.2 Å². The maximum absolute atomic E-state index is 11.8. The van der Waals surface area contributed by atoms with Crippen LogP contribution < -0.4 is 20.5 Å². The lowest BCUT2D eigenvalue weighted by Crippen LogP contribution is -2.39. The number of amides is 1. The number of carbonyl (C=O) groups is 1. The number of hydrogen-bond donors (Lipinski definition) is 2. The van der Waals surface area contributed by atoms with Crippen molar-refractivity contribution in [1.29, 1.82) is 0 Å². The van der Waals surface area contributed by atoms with Crippen molar-refractivity contribution in [3.05, 3.63) is 18.2 Å². The molecule has 0 aliphatic carbocycles. The molecule has 0 radical (unpaired) electrons. The molecule has 1 amide bonds. The van der Waals surface area contributed by atoms with Gasteiger partial charge in [0.1, 0.15) is 11.5 Å². The van der Waals surface area contributed by atoms with Crippen LogP contribution >= 0.6 is 0 Å². The third-order valence-electron chi connectivity index (χ3n) is 2.64. The average molecular weight is 252 g/mol. The van der Waals surface area contributed by atoms with Crippen molar-refractivity contribution in [2.24, 2.45) is 11.7 Å². The van der Waals surface area contributed by atoms with Crippen LogP contribution in [0.5, 0.6) is 11.5 Å². The van der Waals surface area contributed by atoms with Crippen molar-refractivity contribution in [2.45, 2.75) is 19.9 Å². The van der Waals surface area contributed by atoms with E-state index in [1.165, 1.54) is 0 Å². The van der Waals surface area contributed by atoms with Crippen LogP contribution in [0.2, 0.25) is 0 Å². The van der Waals surface area contributed by atoms with Gasteiger partial charge in [-0.25, -0.2) is 0 Å². The van der Waals surface area contributed by atoms with Gasteiger partial charge in [0, 0.05) is 23.9 Å². The van der Waals surface area contributed by atoms with Crippen molar-refractivity contribution < 1.29 is 14.3 Å². The predicted octanol–water partition coefficient (Wildman–Crippen LogP) is 1.63. The molecule has 18 heavy (non-hydrogen) atoms. The van der Waals surface area contributed by atoms with E-state index in [-0.39, 0.29) is 11.8 Å². The van der Waals surface area contributed by atoms with Crippen molar-refractivity contribution in [3.63, 3.8) is 0 Å². The van der Waals surface area contributed by atoms with Crippen molar-refractivity contribution >= 4 is 11.6 Å². The molecule has 0 spiro atoms. The summed E-state index contributed by atoms with van der Waals surface area (Å²) in [6.07, 6.45) is 0. The first-order chi connectivity index (χ1) is 8.47. The lowest BCUT2D eigenvalue weighted by atomic mass is 10.0.